The molecular formula is C19H17F3N2O4. The second kappa shape index (κ2) is 8.20. The number of ether oxygens (including phenoxy) is 2. The summed E-state index contributed by atoms with van der Waals surface area (Å²) in [7, 11) is 0. The first-order chi connectivity index (χ1) is 13.3. The van der Waals surface area contributed by atoms with Crippen molar-refractivity contribution < 1.29 is 32.2 Å². The van der Waals surface area contributed by atoms with Crippen molar-refractivity contribution in [2.75, 3.05) is 18.7 Å². The van der Waals surface area contributed by atoms with Crippen molar-refractivity contribution >= 4 is 17.5 Å². The monoisotopic (exact) mass is 394 g/mol. The normalized spacial score (nSPS) is 12.5. The van der Waals surface area contributed by atoms with Gasteiger partial charge in [-0.25, -0.2) is 0 Å². The first-order valence-corrected chi connectivity index (χ1v) is 8.44. The maximum Gasteiger partial charge on any atom is 0.471 e. The lowest BCUT2D eigenvalue weighted by Gasteiger charge is -2.12. The molecule has 0 saturated carbocycles. The molecule has 2 aromatic carbocycles. The van der Waals surface area contributed by atoms with E-state index in [9.17, 15) is 22.8 Å². The Labute approximate surface area is 158 Å². The lowest BCUT2D eigenvalue weighted by molar-refractivity contribution is -0.167. The molecule has 1 heterocycles. The lowest BCUT2D eigenvalue weighted by Crippen LogP contribution is -2.31. The van der Waals surface area contributed by atoms with Gasteiger partial charge in [0.05, 0.1) is 6.42 Å². The van der Waals surface area contributed by atoms with E-state index in [4.69, 9.17) is 9.47 Å². The Bertz CT molecular complexity index is 884. The van der Waals surface area contributed by atoms with Crippen LogP contribution in [0.2, 0.25) is 0 Å². The molecule has 2 N–H and O–H groups in total. The number of alkyl halides is 3. The minimum absolute atomic E-state index is 0.0456. The Balaban J connectivity index is 1.53. The smallest absolute Gasteiger partial charge is 0.454 e. The molecule has 0 unspecified atom stereocenters. The van der Waals surface area contributed by atoms with Gasteiger partial charge >= 0.3 is 12.1 Å². The number of fused-ring (bicyclic) bond motifs is 1. The molecule has 0 aromatic heterocycles. The number of amides is 2. The molecule has 2 amide bonds. The van der Waals surface area contributed by atoms with Gasteiger partial charge in [-0.15, -0.1) is 0 Å². The van der Waals surface area contributed by atoms with Gasteiger partial charge in [-0.1, -0.05) is 24.3 Å². The van der Waals surface area contributed by atoms with Crippen molar-refractivity contribution in [1.82, 2.24) is 5.32 Å². The van der Waals surface area contributed by atoms with E-state index in [0.717, 1.165) is 5.56 Å². The van der Waals surface area contributed by atoms with Crippen LogP contribution in [0, 0.1) is 0 Å². The number of rotatable bonds is 6. The van der Waals surface area contributed by atoms with E-state index in [2.05, 4.69) is 5.32 Å². The third-order valence-electron chi connectivity index (χ3n) is 4.05. The summed E-state index contributed by atoms with van der Waals surface area (Å²) in [5.74, 6) is -1.12. The van der Waals surface area contributed by atoms with Crippen LogP contribution in [0.15, 0.2) is 42.5 Å². The van der Waals surface area contributed by atoms with Gasteiger partial charge in [0, 0.05) is 12.2 Å². The molecule has 2 aromatic rings. The average Bonchev–Trinajstić information content (AvgIpc) is 3.10. The molecule has 0 aliphatic carbocycles. The van der Waals surface area contributed by atoms with Crippen molar-refractivity contribution in [3.05, 3.63) is 53.6 Å². The quantitative estimate of drug-likeness (QED) is 0.790. The zero-order valence-corrected chi connectivity index (χ0v) is 14.6. The zero-order valence-electron chi connectivity index (χ0n) is 14.6. The SMILES string of the molecule is O=C(Cc1ccccc1NC(=O)C(F)(F)F)NCCc1ccc2c(c1)OCO2. The second-order valence-corrected chi connectivity index (χ2v) is 6.07. The number of hydrogen-bond donors (Lipinski definition) is 2. The van der Waals surface area contributed by atoms with Crippen LogP contribution in [0.4, 0.5) is 18.9 Å². The van der Waals surface area contributed by atoms with Crippen molar-refractivity contribution in [2.24, 2.45) is 0 Å². The Morgan fingerprint density at radius 3 is 2.57 bits per heavy atom. The number of benzene rings is 2. The van der Waals surface area contributed by atoms with Crippen molar-refractivity contribution in [1.29, 1.82) is 0 Å². The molecule has 0 spiro atoms. The average molecular weight is 394 g/mol. The summed E-state index contributed by atoms with van der Waals surface area (Å²) in [4.78, 5) is 23.3. The first-order valence-electron chi connectivity index (χ1n) is 8.44. The van der Waals surface area contributed by atoms with Crippen LogP contribution < -0.4 is 20.1 Å². The minimum Gasteiger partial charge on any atom is -0.454 e. The predicted octanol–water partition coefficient (Wildman–Crippen LogP) is 2.82. The topological polar surface area (TPSA) is 76.7 Å². The van der Waals surface area contributed by atoms with E-state index in [0.29, 0.717) is 30.0 Å². The highest BCUT2D eigenvalue weighted by atomic mass is 19.4. The van der Waals surface area contributed by atoms with E-state index < -0.39 is 12.1 Å². The molecule has 0 radical (unpaired) electrons. The van der Waals surface area contributed by atoms with Gasteiger partial charge in [0.1, 0.15) is 0 Å². The molecule has 28 heavy (non-hydrogen) atoms. The van der Waals surface area contributed by atoms with Crippen molar-refractivity contribution in [2.45, 2.75) is 19.0 Å². The van der Waals surface area contributed by atoms with E-state index >= 15 is 0 Å². The van der Waals surface area contributed by atoms with Gasteiger partial charge in [-0.3, -0.25) is 9.59 Å². The molecule has 9 heteroatoms. The summed E-state index contributed by atoms with van der Waals surface area (Å²) >= 11 is 0. The van der Waals surface area contributed by atoms with E-state index in [-0.39, 0.29) is 24.8 Å². The van der Waals surface area contributed by atoms with Crippen LogP contribution in [0.25, 0.3) is 0 Å². The van der Waals surface area contributed by atoms with Crippen LogP contribution >= 0.6 is 0 Å². The first kappa shape index (κ1) is 19.5. The number of hydrogen-bond acceptors (Lipinski definition) is 4. The molecule has 148 valence electrons. The Morgan fingerprint density at radius 2 is 1.79 bits per heavy atom. The number of carbonyl (C=O) groups excluding carboxylic acids is 2. The molecular weight excluding hydrogens is 377 g/mol. The highest BCUT2D eigenvalue weighted by Crippen LogP contribution is 2.32. The van der Waals surface area contributed by atoms with Crippen LogP contribution in [-0.4, -0.2) is 31.3 Å². The number of carbonyl (C=O) groups is 2. The second-order valence-electron chi connectivity index (χ2n) is 6.07. The highest BCUT2D eigenvalue weighted by Gasteiger charge is 2.38. The number of anilines is 1. The lowest BCUT2D eigenvalue weighted by atomic mass is 10.1. The van der Waals surface area contributed by atoms with Gasteiger partial charge in [0.15, 0.2) is 11.5 Å². The van der Waals surface area contributed by atoms with Crippen LogP contribution in [0.3, 0.4) is 0 Å². The van der Waals surface area contributed by atoms with E-state index in [1.807, 2.05) is 12.1 Å². The standard InChI is InChI=1S/C19H17F3N2O4/c20-19(21,22)18(26)24-14-4-2-1-3-13(14)10-17(25)23-8-7-12-5-6-15-16(9-12)28-11-27-15/h1-6,9H,7-8,10-11H2,(H,23,25)(H,24,26). The summed E-state index contributed by atoms with van der Waals surface area (Å²) in [6.07, 6.45) is -4.61. The van der Waals surface area contributed by atoms with Crippen molar-refractivity contribution in [3.63, 3.8) is 0 Å². The third-order valence-corrected chi connectivity index (χ3v) is 4.05. The molecule has 0 bridgehead atoms. The largest absolute Gasteiger partial charge is 0.471 e. The Hall–Kier alpha value is -3.23. The minimum atomic E-state index is -5.00. The summed E-state index contributed by atoms with van der Waals surface area (Å²) in [5, 5.41) is 4.50. The fourth-order valence-corrected chi connectivity index (χ4v) is 2.67. The van der Waals surface area contributed by atoms with Gasteiger partial charge < -0.3 is 20.1 Å². The molecule has 0 fully saturated rings. The molecule has 3 rings (SSSR count). The third kappa shape index (κ3) is 4.93. The summed E-state index contributed by atoms with van der Waals surface area (Å²) in [6, 6.07) is 11.4. The molecule has 1 aliphatic heterocycles. The summed E-state index contributed by atoms with van der Waals surface area (Å²) in [6.45, 7) is 0.523. The molecule has 1 aliphatic rings. The Morgan fingerprint density at radius 1 is 1.04 bits per heavy atom. The van der Waals surface area contributed by atoms with Gasteiger partial charge in [0.2, 0.25) is 12.7 Å². The zero-order chi connectivity index (χ0) is 20.1. The summed E-state index contributed by atoms with van der Waals surface area (Å²) in [5.41, 5.74) is 1.19. The highest BCUT2D eigenvalue weighted by molar-refractivity contribution is 5.96. The Kier molecular flexibility index (Phi) is 5.72. The predicted molar refractivity (Wildman–Crippen MR) is 94.1 cm³/mol. The van der Waals surface area contributed by atoms with Crippen LogP contribution in [-0.2, 0) is 22.4 Å². The maximum absolute atomic E-state index is 12.4. The number of para-hydroxylation sites is 1. The molecule has 6 nitrogen and oxygen atoms in total. The fourth-order valence-electron chi connectivity index (χ4n) is 2.67. The molecule has 0 saturated heterocycles. The van der Waals surface area contributed by atoms with Gasteiger partial charge in [0.25, 0.3) is 0 Å². The van der Waals surface area contributed by atoms with E-state index in [1.165, 1.54) is 18.2 Å². The van der Waals surface area contributed by atoms with Gasteiger partial charge in [-0.2, -0.15) is 13.2 Å². The maximum atomic E-state index is 12.4. The fraction of sp³-hybridized carbons (Fsp3) is 0.263. The van der Waals surface area contributed by atoms with E-state index in [1.54, 1.807) is 17.4 Å². The van der Waals surface area contributed by atoms with Crippen LogP contribution in [0.5, 0.6) is 11.5 Å². The molecule has 0 atom stereocenters. The number of halogens is 3. The number of nitrogens with one attached hydrogen (secondary N) is 2. The van der Waals surface area contributed by atoms with Crippen molar-refractivity contribution in [3.8, 4) is 11.5 Å². The van der Waals surface area contributed by atoms with Gasteiger partial charge in [-0.05, 0) is 35.7 Å². The van der Waals surface area contributed by atoms with Crippen LogP contribution in [0.1, 0.15) is 11.1 Å². The summed E-state index contributed by atoms with van der Waals surface area (Å²) < 4.78 is 47.8.